The zero-order valence-corrected chi connectivity index (χ0v) is 8.44. The fourth-order valence-electron chi connectivity index (χ4n) is 1.55. The maximum atomic E-state index is 9.56. The lowest BCUT2D eigenvalue weighted by Crippen LogP contribution is -2.31. The average molecular weight is 222 g/mol. The van der Waals surface area contributed by atoms with Crippen LogP contribution >= 0.6 is 11.6 Å². The normalized spacial score (nSPS) is 10.6. The Kier molecular flexibility index (Phi) is 2.56. The van der Waals surface area contributed by atoms with Crippen molar-refractivity contribution in [2.24, 2.45) is 0 Å². The van der Waals surface area contributed by atoms with E-state index in [0.29, 0.717) is 5.39 Å². The standard InChI is InChI=1S/C10H8BClO3/c12-10-7-4-2-1-3-6(7)5-8(13)9(10)11(14)15/h1-5,13-15H. The first kappa shape index (κ1) is 10.3. The Morgan fingerprint density at radius 1 is 1.13 bits per heavy atom. The van der Waals surface area contributed by atoms with Crippen molar-refractivity contribution >= 4 is 35.0 Å². The molecule has 0 saturated carbocycles. The van der Waals surface area contributed by atoms with Crippen LogP contribution in [0.3, 0.4) is 0 Å². The summed E-state index contributed by atoms with van der Waals surface area (Å²) in [6.07, 6.45) is 0. The minimum Gasteiger partial charge on any atom is -0.508 e. The number of phenolic OH excluding ortho intramolecular Hbond substituents is 1. The third-order valence-corrected chi connectivity index (χ3v) is 2.67. The Morgan fingerprint density at radius 2 is 1.80 bits per heavy atom. The molecule has 2 rings (SSSR count). The predicted octanol–water partition coefficient (Wildman–Crippen LogP) is 0.879. The summed E-state index contributed by atoms with van der Waals surface area (Å²) in [6.45, 7) is 0. The summed E-state index contributed by atoms with van der Waals surface area (Å²) in [7, 11) is -1.78. The largest absolute Gasteiger partial charge is 0.508 e. The second-order valence-corrected chi connectivity index (χ2v) is 3.60. The van der Waals surface area contributed by atoms with E-state index in [9.17, 15) is 5.11 Å². The smallest absolute Gasteiger partial charge is 0.493 e. The summed E-state index contributed by atoms with van der Waals surface area (Å²) in [4.78, 5) is 0. The molecule has 0 heterocycles. The molecule has 5 heteroatoms. The molecule has 0 radical (unpaired) electrons. The second kappa shape index (κ2) is 3.74. The van der Waals surface area contributed by atoms with Crippen LogP contribution in [0.2, 0.25) is 5.02 Å². The first-order valence-corrected chi connectivity index (χ1v) is 4.75. The van der Waals surface area contributed by atoms with Crippen molar-refractivity contribution < 1.29 is 15.2 Å². The molecular formula is C10H8BClO3. The molecule has 76 valence electrons. The summed E-state index contributed by atoms with van der Waals surface area (Å²) in [6, 6.07) is 8.60. The number of hydrogen-bond acceptors (Lipinski definition) is 3. The molecule has 2 aromatic carbocycles. The number of halogens is 1. The van der Waals surface area contributed by atoms with E-state index >= 15 is 0 Å². The van der Waals surface area contributed by atoms with Gasteiger partial charge in [0, 0.05) is 10.8 Å². The van der Waals surface area contributed by atoms with E-state index in [1.165, 1.54) is 6.07 Å². The van der Waals surface area contributed by atoms with Crippen molar-refractivity contribution in [1.82, 2.24) is 0 Å². The zero-order valence-electron chi connectivity index (χ0n) is 7.68. The first-order valence-electron chi connectivity index (χ1n) is 4.37. The van der Waals surface area contributed by atoms with E-state index in [-0.39, 0.29) is 16.2 Å². The lowest BCUT2D eigenvalue weighted by atomic mass is 9.78. The van der Waals surface area contributed by atoms with Crippen molar-refractivity contribution in [2.45, 2.75) is 0 Å². The van der Waals surface area contributed by atoms with Crippen LogP contribution in [0.25, 0.3) is 10.8 Å². The van der Waals surface area contributed by atoms with E-state index in [0.717, 1.165) is 5.39 Å². The van der Waals surface area contributed by atoms with Gasteiger partial charge in [-0.1, -0.05) is 35.9 Å². The number of benzene rings is 2. The highest BCUT2D eigenvalue weighted by atomic mass is 35.5. The van der Waals surface area contributed by atoms with Crippen LogP contribution in [0.5, 0.6) is 5.75 Å². The highest BCUT2D eigenvalue weighted by molar-refractivity contribution is 6.65. The fourth-order valence-corrected chi connectivity index (χ4v) is 1.92. The molecule has 0 spiro atoms. The van der Waals surface area contributed by atoms with E-state index in [2.05, 4.69) is 0 Å². The van der Waals surface area contributed by atoms with E-state index in [1.807, 2.05) is 6.07 Å². The van der Waals surface area contributed by atoms with Gasteiger partial charge in [0.15, 0.2) is 0 Å². The summed E-state index contributed by atoms with van der Waals surface area (Å²) < 4.78 is 0. The molecule has 0 aliphatic carbocycles. The molecule has 0 aliphatic heterocycles. The molecule has 15 heavy (non-hydrogen) atoms. The maximum absolute atomic E-state index is 9.56. The molecule has 0 aliphatic rings. The highest BCUT2D eigenvalue weighted by Crippen LogP contribution is 2.26. The Bertz CT molecular complexity index is 513. The summed E-state index contributed by atoms with van der Waals surface area (Å²) >= 11 is 5.96. The van der Waals surface area contributed by atoms with Gasteiger partial charge in [-0.2, -0.15) is 0 Å². The van der Waals surface area contributed by atoms with Crippen molar-refractivity contribution in [3.05, 3.63) is 35.4 Å². The maximum Gasteiger partial charge on any atom is 0.493 e. The van der Waals surface area contributed by atoms with Crippen LogP contribution in [0.1, 0.15) is 0 Å². The quantitative estimate of drug-likeness (QED) is 0.628. The molecule has 0 atom stereocenters. The molecule has 0 unspecified atom stereocenters. The predicted molar refractivity (Wildman–Crippen MR) is 60.4 cm³/mol. The van der Waals surface area contributed by atoms with Crippen LogP contribution in [0, 0.1) is 0 Å². The monoisotopic (exact) mass is 222 g/mol. The minimum atomic E-state index is -1.78. The molecule has 2 aromatic rings. The van der Waals surface area contributed by atoms with E-state index in [1.54, 1.807) is 18.2 Å². The number of phenols is 1. The van der Waals surface area contributed by atoms with Crippen LogP contribution < -0.4 is 5.46 Å². The number of rotatable bonds is 1. The number of fused-ring (bicyclic) bond motifs is 1. The summed E-state index contributed by atoms with van der Waals surface area (Å²) in [5.41, 5.74) is -0.0598. The van der Waals surface area contributed by atoms with Gasteiger partial charge in [-0.25, -0.2) is 0 Å². The van der Waals surface area contributed by atoms with Crippen molar-refractivity contribution in [1.29, 1.82) is 0 Å². The zero-order chi connectivity index (χ0) is 11.0. The molecule has 0 saturated heterocycles. The van der Waals surface area contributed by atoms with Gasteiger partial charge in [0.05, 0.1) is 5.02 Å². The number of aromatic hydroxyl groups is 1. The van der Waals surface area contributed by atoms with Gasteiger partial charge < -0.3 is 15.2 Å². The van der Waals surface area contributed by atoms with Crippen molar-refractivity contribution in [2.75, 3.05) is 0 Å². The van der Waals surface area contributed by atoms with Crippen molar-refractivity contribution in [3.8, 4) is 5.75 Å². The topological polar surface area (TPSA) is 60.7 Å². The Morgan fingerprint density at radius 3 is 2.47 bits per heavy atom. The van der Waals surface area contributed by atoms with Gasteiger partial charge in [0.25, 0.3) is 0 Å². The summed E-state index contributed by atoms with van der Waals surface area (Å²) in [5, 5.41) is 29.3. The van der Waals surface area contributed by atoms with Gasteiger partial charge in [-0.05, 0) is 11.5 Å². The Hall–Kier alpha value is -1.23. The third kappa shape index (κ3) is 1.67. The van der Waals surface area contributed by atoms with Gasteiger partial charge >= 0.3 is 7.12 Å². The average Bonchev–Trinajstić information content (AvgIpc) is 2.17. The SMILES string of the molecule is OB(O)c1c(O)cc2ccccc2c1Cl. The lowest BCUT2D eigenvalue weighted by molar-refractivity contribution is 0.420. The Balaban J connectivity index is 2.84. The van der Waals surface area contributed by atoms with E-state index < -0.39 is 7.12 Å². The highest BCUT2D eigenvalue weighted by Gasteiger charge is 2.21. The summed E-state index contributed by atoms with van der Waals surface area (Å²) in [5.74, 6) is -0.214. The Labute approximate surface area is 91.7 Å². The van der Waals surface area contributed by atoms with Crippen molar-refractivity contribution in [3.63, 3.8) is 0 Å². The fraction of sp³-hybridized carbons (Fsp3) is 0. The van der Waals surface area contributed by atoms with Crippen LogP contribution in [-0.4, -0.2) is 22.3 Å². The van der Waals surface area contributed by atoms with Gasteiger partial charge in [0.2, 0.25) is 0 Å². The molecule has 0 amide bonds. The van der Waals surface area contributed by atoms with Gasteiger partial charge in [-0.3, -0.25) is 0 Å². The van der Waals surface area contributed by atoms with Crippen LogP contribution in [-0.2, 0) is 0 Å². The van der Waals surface area contributed by atoms with E-state index in [4.69, 9.17) is 21.6 Å². The first-order chi connectivity index (χ1) is 7.11. The van der Waals surface area contributed by atoms with Gasteiger partial charge in [0.1, 0.15) is 5.75 Å². The second-order valence-electron chi connectivity index (χ2n) is 3.22. The molecule has 3 nitrogen and oxygen atoms in total. The molecule has 0 fully saturated rings. The number of hydrogen-bond donors (Lipinski definition) is 3. The molecule has 3 N–H and O–H groups in total. The van der Waals surface area contributed by atoms with Crippen LogP contribution in [0.15, 0.2) is 30.3 Å². The minimum absolute atomic E-state index is 0.0598. The van der Waals surface area contributed by atoms with Gasteiger partial charge in [-0.15, -0.1) is 0 Å². The van der Waals surface area contributed by atoms with Crippen LogP contribution in [0.4, 0.5) is 0 Å². The molecule has 0 bridgehead atoms. The lowest BCUT2D eigenvalue weighted by Gasteiger charge is -2.09. The third-order valence-electron chi connectivity index (χ3n) is 2.26. The molecular weight excluding hydrogens is 214 g/mol. The molecule has 0 aromatic heterocycles.